The van der Waals surface area contributed by atoms with Gasteiger partial charge in [0.2, 0.25) is 5.91 Å². The van der Waals surface area contributed by atoms with Gasteiger partial charge >= 0.3 is 0 Å². The Balaban J connectivity index is 2.01. The lowest BCUT2D eigenvalue weighted by atomic mass is 9.95. The lowest BCUT2D eigenvalue weighted by Crippen LogP contribution is -2.36. The van der Waals surface area contributed by atoms with Crippen molar-refractivity contribution >= 4 is 5.91 Å². The number of amides is 1. The van der Waals surface area contributed by atoms with Gasteiger partial charge in [-0.15, -0.1) is 0 Å². The highest BCUT2D eigenvalue weighted by molar-refractivity contribution is 5.76. The molecule has 1 saturated carbocycles. The van der Waals surface area contributed by atoms with Crippen LogP contribution < -0.4 is 10.6 Å². The number of carbonyl (C=O) groups excluding carboxylic acids is 1. The van der Waals surface area contributed by atoms with E-state index in [9.17, 15) is 4.79 Å². The van der Waals surface area contributed by atoms with E-state index in [0.717, 1.165) is 13.0 Å². The van der Waals surface area contributed by atoms with Crippen molar-refractivity contribution < 1.29 is 4.79 Å². The van der Waals surface area contributed by atoms with Gasteiger partial charge in [-0.1, -0.05) is 33.1 Å². The zero-order chi connectivity index (χ0) is 11.8. The lowest BCUT2D eigenvalue weighted by molar-refractivity contribution is -0.122. The summed E-state index contributed by atoms with van der Waals surface area (Å²) >= 11 is 0. The molecule has 0 atom stereocenters. The SMILES string of the molecule is CC(C)NCCCC(=O)NC1CCCCC1. The van der Waals surface area contributed by atoms with Crippen molar-refractivity contribution in [3.05, 3.63) is 0 Å². The molecule has 0 unspecified atom stereocenters. The molecule has 94 valence electrons. The number of carbonyl (C=O) groups is 1. The van der Waals surface area contributed by atoms with Gasteiger partial charge in [0.25, 0.3) is 0 Å². The maximum atomic E-state index is 11.6. The predicted molar refractivity (Wildman–Crippen MR) is 67.4 cm³/mol. The summed E-state index contributed by atoms with van der Waals surface area (Å²) in [5.41, 5.74) is 0. The van der Waals surface area contributed by atoms with Crippen molar-refractivity contribution in [2.24, 2.45) is 0 Å². The Hall–Kier alpha value is -0.570. The Morgan fingerprint density at radius 1 is 1.25 bits per heavy atom. The first-order chi connectivity index (χ1) is 7.68. The van der Waals surface area contributed by atoms with E-state index < -0.39 is 0 Å². The highest BCUT2D eigenvalue weighted by Crippen LogP contribution is 2.17. The predicted octanol–water partition coefficient (Wildman–Crippen LogP) is 2.21. The van der Waals surface area contributed by atoms with E-state index in [1.165, 1.54) is 32.1 Å². The van der Waals surface area contributed by atoms with Gasteiger partial charge in [0.15, 0.2) is 0 Å². The fraction of sp³-hybridized carbons (Fsp3) is 0.923. The maximum Gasteiger partial charge on any atom is 0.220 e. The molecule has 3 nitrogen and oxygen atoms in total. The molecule has 0 aromatic heterocycles. The second kappa shape index (κ2) is 7.66. The van der Waals surface area contributed by atoms with E-state index in [-0.39, 0.29) is 5.91 Å². The minimum atomic E-state index is 0.234. The van der Waals surface area contributed by atoms with Crippen LogP contribution in [0.15, 0.2) is 0 Å². The molecular formula is C13H26N2O. The molecule has 0 aliphatic heterocycles. The maximum absolute atomic E-state index is 11.6. The highest BCUT2D eigenvalue weighted by Gasteiger charge is 2.14. The van der Waals surface area contributed by atoms with Crippen molar-refractivity contribution in [2.45, 2.75) is 70.9 Å². The molecule has 0 heterocycles. The molecule has 0 aromatic rings. The number of nitrogens with one attached hydrogen (secondary N) is 2. The molecule has 0 radical (unpaired) electrons. The second-order valence-corrected chi connectivity index (χ2v) is 5.11. The quantitative estimate of drug-likeness (QED) is 0.682. The van der Waals surface area contributed by atoms with Crippen LogP contribution in [-0.2, 0) is 4.79 Å². The molecule has 1 amide bonds. The van der Waals surface area contributed by atoms with E-state index in [1.54, 1.807) is 0 Å². The standard InChI is InChI=1S/C13H26N2O/c1-11(2)14-10-6-9-13(16)15-12-7-4-3-5-8-12/h11-12,14H,3-10H2,1-2H3,(H,15,16). The summed E-state index contributed by atoms with van der Waals surface area (Å²) in [5, 5.41) is 6.46. The largest absolute Gasteiger partial charge is 0.353 e. The first-order valence-corrected chi connectivity index (χ1v) is 6.71. The Morgan fingerprint density at radius 3 is 2.56 bits per heavy atom. The Kier molecular flexibility index (Phi) is 6.46. The fourth-order valence-corrected chi connectivity index (χ4v) is 2.19. The normalized spacial score (nSPS) is 17.7. The average molecular weight is 226 g/mol. The smallest absolute Gasteiger partial charge is 0.220 e. The number of hydrogen-bond acceptors (Lipinski definition) is 2. The summed E-state index contributed by atoms with van der Waals surface area (Å²) < 4.78 is 0. The topological polar surface area (TPSA) is 41.1 Å². The summed E-state index contributed by atoms with van der Waals surface area (Å²) in [7, 11) is 0. The van der Waals surface area contributed by atoms with E-state index in [2.05, 4.69) is 24.5 Å². The van der Waals surface area contributed by atoms with Crippen LogP contribution >= 0.6 is 0 Å². The van der Waals surface area contributed by atoms with Gasteiger partial charge in [0, 0.05) is 18.5 Å². The number of rotatable bonds is 6. The monoisotopic (exact) mass is 226 g/mol. The highest BCUT2D eigenvalue weighted by atomic mass is 16.1. The molecule has 1 rings (SSSR count). The van der Waals surface area contributed by atoms with Crippen LogP contribution in [0.3, 0.4) is 0 Å². The molecule has 2 N–H and O–H groups in total. The molecule has 0 bridgehead atoms. The van der Waals surface area contributed by atoms with Crippen molar-refractivity contribution in [1.82, 2.24) is 10.6 Å². The molecule has 1 aliphatic carbocycles. The van der Waals surface area contributed by atoms with Crippen molar-refractivity contribution in [3.8, 4) is 0 Å². The van der Waals surface area contributed by atoms with Crippen LogP contribution in [0.1, 0.15) is 58.8 Å². The molecule has 0 saturated heterocycles. The van der Waals surface area contributed by atoms with E-state index in [1.807, 2.05) is 0 Å². The third kappa shape index (κ3) is 6.11. The van der Waals surface area contributed by atoms with Crippen LogP contribution in [0.4, 0.5) is 0 Å². The Labute approximate surface area is 99.4 Å². The number of hydrogen-bond donors (Lipinski definition) is 2. The average Bonchev–Trinajstić information content (AvgIpc) is 2.25. The first kappa shape index (κ1) is 13.5. The molecule has 1 aliphatic rings. The third-order valence-corrected chi connectivity index (χ3v) is 3.10. The van der Waals surface area contributed by atoms with Gasteiger partial charge in [0.05, 0.1) is 0 Å². The van der Waals surface area contributed by atoms with Crippen molar-refractivity contribution in [2.75, 3.05) is 6.54 Å². The summed E-state index contributed by atoms with van der Waals surface area (Å²) in [4.78, 5) is 11.6. The summed E-state index contributed by atoms with van der Waals surface area (Å²) in [6.07, 6.45) is 7.85. The van der Waals surface area contributed by atoms with E-state index in [4.69, 9.17) is 0 Å². The molecule has 3 heteroatoms. The lowest BCUT2D eigenvalue weighted by Gasteiger charge is -2.22. The summed E-state index contributed by atoms with van der Waals surface area (Å²) in [6, 6.07) is 0.973. The fourth-order valence-electron chi connectivity index (χ4n) is 2.19. The molecule has 0 aromatic carbocycles. The van der Waals surface area contributed by atoms with Crippen LogP contribution in [-0.4, -0.2) is 24.5 Å². The zero-order valence-corrected chi connectivity index (χ0v) is 10.7. The molecule has 16 heavy (non-hydrogen) atoms. The minimum Gasteiger partial charge on any atom is -0.353 e. The minimum absolute atomic E-state index is 0.234. The van der Waals surface area contributed by atoms with E-state index in [0.29, 0.717) is 18.5 Å². The second-order valence-electron chi connectivity index (χ2n) is 5.11. The summed E-state index contributed by atoms with van der Waals surface area (Å²) in [5.74, 6) is 0.234. The van der Waals surface area contributed by atoms with Gasteiger partial charge in [-0.25, -0.2) is 0 Å². The van der Waals surface area contributed by atoms with Gasteiger partial charge in [-0.3, -0.25) is 4.79 Å². The third-order valence-electron chi connectivity index (χ3n) is 3.10. The summed E-state index contributed by atoms with van der Waals surface area (Å²) in [6.45, 7) is 5.19. The van der Waals surface area contributed by atoms with Gasteiger partial charge in [-0.05, 0) is 25.8 Å². The Morgan fingerprint density at radius 2 is 1.94 bits per heavy atom. The molecule has 0 spiro atoms. The zero-order valence-electron chi connectivity index (χ0n) is 10.7. The van der Waals surface area contributed by atoms with Gasteiger partial charge < -0.3 is 10.6 Å². The Bertz CT molecular complexity index is 198. The van der Waals surface area contributed by atoms with Crippen molar-refractivity contribution in [3.63, 3.8) is 0 Å². The van der Waals surface area contributed by atoms with Gasteiger partial charge in [0.1, 0.15) is 0 Å². The molecular weight excluding hydrogens is 200 g/mol. The van der Waals surface area contributed by atoms with Crippen molar-refractivity contribution in [1.29, 1.82) is 0 Å². The van der Waals surface area contributed by atoms with E-state index >= 15 is 0 Å². The van der Waals surface area contributed by atoms with Gasteiger partial charge in [-0.2, -0.15) is 0 Å². The first-order valence-electron chi connectivity index (χ1n) is 6.71. The van der Waals surface area contributed by atoms with Crippen LogP contribution in [0.25, 0.3) is 0 Å². The molecule has 1 fully saturated rings. The van der Waals surface area contributed by atoms with Crippen LogP contribution in [0.5, 0.6) is 0 Å². The van der Waals surface area contributed by atoms with Crippen LogP contribution in [0.2, 0.25) is 0 Å². The van der Waals surface area contributed by atoms with Crippen LogP contribution in [0, 0.1) is 0 Å².